The first kappa shape index (κ1) is 47.6. The first-order chi connectivity index (χ1) is 30.4. The SMILES string of the molecule is CC/C=C(\C(=O)N[C@@H]1C(=O)N2C(C(=O)OCC3=C(C(=O)OCOC(=O)C(C)(C)C)N4C(=O)[C@@H](NC(=O)/C(=C\CC)c5csc(N)n5)[C@@H]4SC3)=C(COC(N)=O)CS[C@@H]12)c1csc(N)n1. The van der Waals surface area contributed by atoms with E-state index in [2.05, 4.69) is 20.6 Å². The molecule has 5 amide bonds. The molecule has 21 nitrogen and oxygen atoms in total. The lowest BCUT2D eigenvalue weighted by atomic mass is 9.98. The van der Waals surface area contributed by atoms with Crippen LogP contribution in [0.1, 0.15) is 58.8 Å². The van der Waals surface area contributed by atoms with Gasteiger partial charge in [-0.25, -0.2) is 24.4 Å². The highest BCUT2D eigenvalue weighted by molar-refractivity contribution is 8.00. The number of nitrogens with zero attached hydrogens (tertiary/aromatic N) is 4. The van der Waals surface area contributed by atoms with Crippen molar-refractivity contribution in [1.29, 1.82) is 0 Å². The summed E-state index contributed by atoms with van der Waals surface area (Å²) in [7, 11) is 0. The summed E-state index contributed by atoms with van der Waals surface area (Å²) < 4.78 is 21.2. The maximum Gasteiger partial charge on any atom is 0.404 e. The molecule has 2 fully saturated rings. The third-order valence-corrected chi connectivity index (χ3v) is 13.7. The summed E-state index contributed by atoms with van der Waals surface area (Å²) >= 11 is 4.65. The predicted molar refractivity (Wildman–Crippen MR) is 237 cm³/mol. The third-order valence-electron chi connectivity index (χ3n) is 9.71. The van der Waals surface area contributed by atoms with E-state index in [1.54, 1.807) is 43.7 Å². The lowest BCUT2D eigenvalue weighted by molar-refractivity contribution is -0.173. The van der Waals surface area contributed by atoms with E-state index in [1.807, 2.05) is 13.8 Å². The molecule has 0 aromatic carbocycles. The molecular weight excluding hydrogens is 915 g/mol. The van der Waals surface area contributed by atoms with Crippen molar-refractivity contribution in [1.82, 2.24) is 30.4 Å². The maximum atomic E-state index is 14.1. The number of carbonyl (C=O) groups excluding carboxylic acids is 8. The topological polar surface area (TPSA) is 308 Å². The van der Waals surface area contributed by atoms with Gasteiger partial charge in [-0.2, -0.15) is 0 Å². The lowest BCUT2D eigenvalue weighted by Crippen LogP contribution is -2.71. The van der Waals surface area contributed by atoms with Gasteiger partial charge in [0.05, 0.1) is 27.9 Å². The second-order valence-electron chi connectivity index (χ2n) is 15.2. The Morgan fingerprint density at radius 2 is 1.17 bits per heavy atom. The molecule has 4 aliphatic rings. The molecule has 0 radical (unpaired) electrons. The van der Waals surface area contributed by atoms with E-state index in [1.165, 1.54) is 11.8 Å². The minimum Gasteiger partial charge on any atom is -0.456 e. The summed E-state index contributed by atoms with van der Waals surface area (Å²) in [5.41, 5.74) is 16.7. The number of nitrogens with one attached hydrogen (secondary N) is 2. The number of fused-ring (bicyclic) bond motifs is 2. The quantitative estimate of drug-likeness (QED) is 0.0529. The normalized spacial score (nSPS) is 21.0. The third kappa shape index (κ3) is 10.1. The number of thiazole rings is 2. The van der Waals surface area contributed by atoms with Crippen LogP contribution in [0.5, 0.6) is 0 Å². The smallest absolute Gasteiger partial charge is 0.404 e. The van der Waals surface area contributed by atoms with Crippen LogP contribution >= 0.6 is 46.2 Å². The molecule has 0 aliphatic carbocycles. The molecule has 0 bridgehead atoms. The van der Waals surface area contributed by atoms with Gasteiger partial charge in [-0.05, 0) is 33.6 Å². The molecule has 0 saturated carbocycles. The van der Waals surface area contributed by atoms with Crippen LogP contribution in [0.2, 0.25) is 0 Å². The van der Waals surface area contributed by atoms with Crippen molar-refractivity contribution in [2.75, 3.05) is 43.0 Å². The highest BCUT2D eigenvalue weighted by atomic mass is 32.2. The fourth-order valence-corrected chi connectivity index (χ4v) is 10.4. The Balaban J connectivity index is 1.22. The summed E-state index contributed by atoms with van der Waals surface area (Å²) in [4.78, 5) is 117. The zero-order chi connectivity index (χ0) is 46.6. The number of thioether (sulfide) groups is 2. The Morgan fingerprint density at radius 3 is 1.56 bits per heavy atom. The van der Waals surface area contributed by atoms with Gasteiger partial charge in [0.15, 0.2) is 10.3 Å². The van der Waals surface area contributed by atoms with Gasteiger partial charge in [0.2, 0.25) is 6.79 Å². The van der Waals surface area contributed by atoms with Crippen LogP contribution in [0, 0.1) is 5.41 Å². The van der Waals surface area contributed by atoms with Gasteiger partial charge in [-0.1, -0.05) is 26.0 Å². The Hall–Kier alpha value is -5.92. The van der Waals surface area contributed by atoms with Crippen molar-refractivity contribution in [3.63, 3.8) is 0 Å². The number of nitrogen functional groups attached to an aromatic ring is 2. The zero-order valence-electron chi connectivity index (χ0n) is 35.1. The molecule has 342 valence electrons. The molecule has 25 heteroatoms. The number of anilines is 2. The highest BCUT2D eigenvalue weighted by Crippen LogP contribution is 2.43. The van der Waals surface area contributed by atoms with Gasteiger partial charge in [0, 0.05) is 33.4 Å². The number of esters is 3. The first-order valence-corrected chi connectivity index (χ1v) is 23.4. The van der Waals surface area contributed by atoms with Gasteiger partial charge >= 0.3 is 24.0 Å². The molecule has 8 N–H and O–H groups in total. The van der Waals surface area contributed by atoms with E-state index in [0.717, 1.165) is 44.2 Å². The van der Waals surface area contributed by atoms with E-state index in [4.69, 9.17) is 36.1 Å². The van der Waals surface area contributed by atoms with Crippen LogP contribution in [0.4, 0.5) is 15.1 Å². The molecule has 2 aromatic rings. The minimum absolute atomic E-state index is 0.00918. The van der Waals surface area contributed by atoms with Gasteiger partial charge in [-0.3, -0.25) is 33.8 Å². The van der Waals surface area contributed by atoms with Crippen molar-refractivity contribution >= 4 is 115 Å². The van der Waals surface area contributed by atoms with E-state index >= 15 is 0 Å². The highest BCUT2D eigenvalue weighted by Gasteiger charge is 2.56. The van der Waals surface area contributed by atoms with Crippen molar-refractivity contribution in [2.24, 2.45) is 11.1 Å². The Kier molecular flexibility index (Phi) is 14.8. The van der Waals surface area contributed by atoms with Crippen molar-refractivity contribution < 1.29 is 57.3 Å². The minimum atomic E-state index is -1.14. The summed E-state index contributed by atoms with van der Waals surface area (Å²) in [5.74, 6) is -5.28. The number of rotatable bonds is 16. The molecule has 0 unspecified atom stereocenters. The summed E-state index contributed by atoms with van der Waals surface area (Å²) in [6.45, 7) is 6.59. The monoisotopic (exact) mass is 959 g/mol. The summed E-state index contributed by atoms with van der Waals surface area (Å²) in [6.07, 6.45) is 3.11. The average Bonchev–Trinajstić information content (AvgIpc) is 3.89. The Labute approximate surface area is 382 Å². The molecule has 64 heavy (non-hydrogen) atoms. The van der Waals surface area contributed by atoms with Crippen LogP contribution in [0.25, 0.3) is 11.1 Å². The number of amides is 5. The van der Waals surface area contributed by atoms with Gasteiger partial charge in [0.25, 0.3) is 23.6 Å². The van der Waals surface area contributed by atoms with Gasteiger partial charge in [-0.15, -0.1) is 46.2 Å². The number of allylic oxidation sites excluding steroid dienone is 2. The number of β-lactam (4-membered cyclic amide) rings is 2. The van der Waals surface area contributed by atoms with Crippen LogP contribution in [0.3, 0.4) is 0 Å². The molecule has 2 aromatic heterocycles. The molecule has 6 heterocycles. The fraction of sp³-hybridized carbons (Fsp3) is 0.436. The number of primary amides is 1. The largest absolute Gasteiger partial charge is 0.456 e. The van der Waals surface area contributed by atoms with Crippen molar-refractivity contribution in [3.8, 4) is 0 Å². The van der Waals surface area contributed by atoms with Gasteiger partial charge < -0.3 is 46.8 Å². The predicted octanol–water partition coefficient (Wildman–Crippen LogP) is 2.09. The maximum absolute atomic E-state index is 14.1. The number of carbonyl (C=O) groups is 8. The Morgan fingerprint density at radius 1 is 0.734 bits per heavy atom. The number of aromatic nitrogens is 2. The van der Waals surface area contributed by atoms with E-state index in [0.29, 0.717) is 24.2 Å². The van der Waals surface area contributed by atoms with Gasteiger partial charge in [0.1, 0.15) is 47.4 Å². The number of hydrogen-bond acceptors (Lipinski definition) is 20. The molecular formula is C39H45N9O12S4. The number of nitrogens with two attached hydrogens (primary N) is 3. The van der Waals surface area contributed by atoms with Crippen molar-refractivity contribution in [2.45, 2.75) is 70.3 Å². The van der Waals surface area contributed by atoms with Crippen LogP contribution in [0.15, 0.2) is 45.5 Å². The molecule has 2 saturated heterocycles. The van der Waals surface area contributed by atoms with Crippen molar-refractivity contribution in [3.05, 3.63) is 56.8 Å². The average molecular weight is 960 g/mol. The summed E-state index contributed by atoms with van der Waals surface area (Å²) in [6, 6.07) is -2.16. The fourth-order valence-electron chi connectivity index (χ4n) is 6.66. The van der Waals surface area contributed by atoms with Crippen LogP contribution in [-0.2, 0) is 52.5 Å². The second-order valence-corrected chi connectivity index (χ2v) is 19.2. The van der Waals surface area contributed by atoms with E-state index in [-0.39, 0.29) is 55.5 Å². The number of hydrogen-bond donors (Lipinski definition) is 5. The number of ether oxygens (including phenoxy) is 4. The zero-order valence-corrected chi connectivity index (χ0v) is 38.4. The first-order valence-electron chi connectivity index (χ1n) is 19.6. The van der Waals surface area contributed by atoms with E-state index < -0.39 is 95.9 Å². The Bertz CT molecular complexity index is 2400. The lowest BCUT2D eigenvalue weighted by Gasteiger charge is -2.50. The van der Waals surface area contributed by atoms with Crippen LogP contribution < -0.4 is 27.8 Å². The van der Waals surface area contributed by atoms with Crippen LogP contribution in [-0.4, -0.2) is 122 Å². The standard InChI is InChI=1S/C39H45N9O12S4/c1-6-8-19(21-14-63-36(40)43-21)27(49)45-23-29(51)47-25(18(11-58-38(42)56)13-62-31(23)47)33(53)57-10-17-12-61-32-24(46-28(50)20(9-7-2)22-15-64-37(41)44-22)30(52)48(32)26(17)34(54)59-16-60-35(55)39(3,4)5/h8-9,14-15,23-24,31-32H,6-7,10-13,16H2,1-5H3,(H2,40,43)(H2,41,44)(H2,42,56)(H,45,49)(H,46,50)/b19-8-,20-9-/t23-,24-,31+,32+/m1/s1. The second kappa shape index (κ2) is 19.9. The molecule has 6 rings (SSSR count). The summed E-state index contributed by atoms with van der Waals surface area (Å²) in [5, 5.41) is 7.61. The molecule has 4 atom stereocenters. The molecule has 4 aliphatic heterocycles. The van der Waals surface area contributed by atoms with E-state index in [9.17, 15) is 38.4 Å². The molecule has 0 spiro atoms.